The maximum Gasteiger partial charge on any atom is 0.236 e. The summed E-state index contributed by atoms with van der Waals surface area (Å²) in [6, 6.07) is 8.68. The molecule has 1 aromatic carbocycles. The first-order valence-electron chi connectivity index (χ1n) is 8.44. The molecule has 1 aliphatic heterocycles. The summed E-state index contributed by atoms with van der Waals surface area (Å²) in [5.74, 6) is 1.15. The maximum atomic E-state index is 12.3. The highest BCUT2D eigenvalue weighted by Crippen LogP contribution is 2.32. The molecule has 0 bridgehead atoms. The van der Waals surface area contributed by atoms with Gasteiger partial charge < -0.3 is 9.64 Å². The summed E-state index contributed by atoms with van der Waals surface area (Å²) in [7, 11) is 0. The molecule has 1 aliphatic rings. The number of ether oxygens (including phenoxy) is 1. The largest absolute Gasteiger partial charge is 0.494 e. The fourth-order valence-electron chi connectivity index (χ4n) is 3.20. The number of rotatable bonds is 7. The number of amides is 1. The molecule has 22 heavy (non-hydrogen) atoms. The molecule has 0 spiro atoms. The maximum absolute atomic E-state index is 12.3. The van der Waals surface area contributed by atoms with Crippen LogP contribution < -0.4 is 4.74 Å². The van der Waals surface area contributed by atoms with E-state index < -0.39 is 0 Å². The Morgan fingerprint density at radius 2 is 1.91 bits per heavy atom. The Morgan fingerprint density at radius 1 is 1.23 bits per heavy atom. The van der Waals surface area contributed by atoms with Crippen LogP contribution in [0.1, 0.15) is 45.2 Å². The van der Waals surface area contributed by atoms with E-state index in [1.54, 1.807) is 0 Å². The zero-order chi connectivity index (χ0) is 15.9. The summed E-state index contributed by atoms with van der Waals surface area (Å²) in [6.07, 6.45) is 2.28. The number of carbonyl (C=O) groups excluding carboxylic acids is 1. The van der Waals surface area contributed by atoms with Crippen molar-refractivity contribution in [2.45, 2.75) is 39.7 Å². The molecule has 4 nitrogen and oxygen atoms in total. The van der Waals surface area contributed by atoms with Crippen molar-refractivity contribution in [3.8, 4) is 5.75 Å². The Kier molecular flexibility index (Phi) is 6.25. The van der Waals surface area contributed by atoms with Crippen molar-refractivity contribution in [3.63, 3.8) is 0 Å². The number of likely N-dealkylation sites (tertiary alicyclic amines) is 1. The topological polar surface area (TPSA) is 32.8 Å². The van der Waals surface area contributed by atoms with Gasteiger partial charge in [-0.05, 0) is 57.9 Å². The van der Waals surface area contributed by atoms with Crippen LogP contribution in [0.15, 0.2) is 24.3 Å². The SMILES string of the molecule is CCOc1ccc(C2CCCN2CC(=O)N(CC)CC)cc1. The Bertz CT molecular complexity index is 468. The number of hydrogen-bond acceptors (Lipinski definition) is 3. The predicted molar refractivity (Wildman–Crippen MR) is 89.1 cm³/mol. The van der Waals surface area contributed by atoms with Gasteiger partial charge in [-0.25, -0.2) is 0 Å². The van der Waals surface area contributed by atoms with Gasteiger partial charge in [-0.15, -0.1) is 0 Å². The molecule has 1 aromatic rings. The first-order valence-corrected chi connectivity index (χ1v) is 8.44. The standard InChI is InChI=1S/C18H28N2O2/c1-4-19(5-2)18(21)14-20-13-7-8-17(20)15-9-11-16(12-10-15)22-6-3/h9-12,17H,4-8,13-14H2,1-3H3. The number of hydrogen-bond donors (Lipinski definition) is 0. The highest BCUT2D eigenvalue weighted by Gasteiger charge is 2.28. The monoisotopic (exact) mass is 304 g/mol. The van der Waals surface area contributed by atoms with Crippen molar-refractivity contribution in [3.05, 3.63) is 29.8 Å². The molecule has 4 heteroatoms. The lowest BCUT2D eigenvalue weighted by Gasteiger charge is -2.27. The smallest absolute Gasteiger partial charge is 0.236 e. The zero-order valence-electron chi connectivity index (χ0n) is 14.0. The average molecular weight is 304 g/mol. The summed E-state index contributed by atoms with van der Waals surface area (Å²) in [4.78, 5) is 16.6. The normalized spacial score (nSPS) is 18.4. The van der Waals surface area contributed by atoms with Crippen LogP contribution >= 0.6 is 0 Å². The van der Waals surface area contributed by atoms with Crippen molar-refractivity contribution < 1.29 is 9.53 Å². The van der Waals surface area contributed by atoms with Gasteiger partial charge >= 0.3 is 0 Å². The van der Waals surface area contributed by atoms with Crippen molar-refractivity contribution in [1.82, 2.24) is 9.80 Å². The fraction of sp³-hybridized carbons (Fsp3) is 0.611. The van der Waals surface area contributed by atoms with Crippen LogP contribution in [-0.4, -0.2) is 48.5 Å². The molecule has 0 aliphatic carbocycles. The predicted octanol–water partition coefficient (Wildman–Crippen LogP) is 3.09. The Morgan fingerprint density at radius 3 is 2.50 bits per heavy atom. The molecule has 1 fully saturated rings. The molecule has 2 rings (SSSR count). The molecular weight excluding hydrogens is 276 g/mol. The summed E-state index contributed by atoms with van der Waals surface area (Å²) in [6.45, 7) is 9.86. The molecule has 1 atom stereocenters. The highest BCUT2D eigenvalue weighted by atomic mass is 16.5. The third-order valence-electron chi connectivity index (χ3n) is 4.39. The minimum atomic E-state index is 0.239. The van der Waals surface area contributed by atoms with Crippen LogP contribution in [0.5, 0.6) is 5.75 Å². The first kappa shape index (κ1) is 16.8. The third-order valence-corrected chi connectivity index (χ3v) is 4.39. The van der Waals surface area contributed by atoms with Crippen molar-refractivity contribution in [2.24, 2.45) is 0 Å². The second-order valence-corrected chi connectivity index (χ2v) is 5.70. The molecular formula is C18H28N2O2. The van der Waals surface area contributed by atoms with Gasteiger partial charge in [-0.3, -0.25) is 9.69 Å². The van der Waals surface area contributed by atoms with Gasteiger partial charge in [-0.1, -0.05) is 12.1 Å². The van der Waals surface area contributed by atoms with Crippen LogP contribution in [0.2, 0.25) is 0 Å². The second kappa shape index (κ2) is 8.18. The summed E-state index contributed by atoms with van der Waals surface area (Å²) >= 11 is 0. The van der Waals surface area contributed by atoms with Crippen LogP contribution in [0.4, 0.5) is 0 Å². The molecule has 1 heterocycles. The number of likely N-dealkylation sites (N-methyl/N-ethyl adjacent to an activating group) is 1. The van der Waals surface area contributed by atoms with Crippen molar-refractivity contribution in [1.29, 1.82) is 0 Å². The van der Waals surface area contributed by atoms with Gasteiger partial charge in [0.25, 0.3) is 0 Å². The van der Waals surface area contributed by atoms with E-state index in [1.807, 2.05) is 37.8 Å². The number of benzene rings is 1. The number of nitrogens with zero attached hydrogens (tertiary/aromatic N) is 2. The summed E-state index contributed by atoms with van der Waals surface area (Å²) < 4.78 is 5.50. The van der Waals surface area contributed by atoms with E-state index in [0.29, 0.717) is 19.2 Å². The Balaban J connectivity index is 2.02. The molecule has 0 radical (unpaired) electrons. The molecule has 0 saturated carbocycles. The van der Waals surface area contributed by atoms with Gasteiger partial charge in [0.05, 0.1) is 13.2 Å². The lowest BCUT2D eigenvalue weighted by molar-refractivity contribution is -0.132. The van der Waals surface area contributed by atoms with Crippen molar-refractivity contribution >= 4 is 5.91 Å². The van der Waals surface area contributed by atoms with E-state index in [0.717, 1.165) is 38.2 Å². The minimum Gasteiger partial charge on any atom is -0.494 e. The molecule has 0 aromatic heterocycles. The van der Waals surface area contributed by atoms with Gasteiger partial charge in [0.2, 0.25) is 5.91 Å². The third kappa shape index (κ3) is 4.01. The minimum absolute atomic E-state index is 0.239. The molecule has 122 valence electrons. The van der Waals surface area contributed by atoms with Crippen molar-refractivity contribution in [2.75, 3.05) is 32.8 Å². The lowest BCUT2D eigenvalue weighted by Crippen LogP contribution is -2.40. The van der Waals surface area contributed by atoms with E-state index in [1.165, 1.54) is 5.56 Å². The van der Waals surface area contributed by atoms with Gasteiger partial charge in [-0.2, -0.15) is 0 Å². The Hall–Kier alpha value is -1.55. The van der Waals surface area contributed by atoms with E-state index in [4.69, 9.17) is 4.74 Å². The molecule has 1 amide bonds. The molecule has 0 N–H and O–H groups in total. The van der Waals surface area contributed by atoms with Crippen LogP contribution in [0, 0.1) is 0 Å². The van der Waals surface area contributed by atoms with E-state index >= 15 is 0 Å². The molecule has 1 unspecified atom stereocenters. The first-order chi connectivity index (χ1) is 10.7. The highest BCUT2D eigenvalue weighted by molar-refractivity contribution is 5.78. The van der Waals surface area contributed by atoms with Gasteiger partial charge in [0.15, 0.2) is 0 Å². The van der Waals surface area contributed by atoms with Crippen LogP contribution in [0.25, 0.3) is 0 Å². The fourth-order valence-corrected chi connectivity index (χ4v) is 3.20. The van der Waals surface area contributed by atoms with Gasteiger partial charge in [0.1, 0.15) is 5.75 Å². The summed E-state index contributed by atoms with van der Waals surface area (Å²) in [5, 5.41) is 0. The second-order valence-electron chi connectivity index (χ2n) is 5.70. The van der Waals surface area contributed by atoms with E-state index in [2.05, 4.69) is 17.0 Å². The average Bonchev–Trinajstić information content (AvgIpc) is 2.98. The quantitative estimate of drug-likeness (QED) is 0.776. The Labute approximate surface area is 134 Å². The molecule has 1 saturated heterocycles. The summed E-state index contributed by atoms with van der Waals surface area (Å²) in [5.41, 5.74) is 1.29. The number of carbonyl (C=O) groups is 1. The zero-order valence-corrected chi connectivity index (χ0v) is 14.0. The lowest BCUT2D eigenvalue weighted by atomic mass is 10.0. The van der Waals surface area contributed by atoms with E-state index in [-0.39, 0.29) is 5.91 Å². The van der Waals surface area contributed by atoms with E-state index in [9.17, 15) is 4.79 Å². The van der Waals surface area contributed by atoms with Crippen LogP contribution in [-0.2, 0) is 4.79 Å². The van der Waals surface area contributed by atoms with Gasteiger partial charge in [0, 0.05) is 19.1 Å². The van der Waals surface area contributed by atoms with Crippen LogP contribution in [0.3, 0.4) is 0 Å².